The van der Waals surface area contributed by atoms with Crippen molar-refractivity contribution in [3.8, 4) is 11.3 Å². The molecule has 0 aliphatic carbocycles. The lowest BCUT2D eigenvalue weighted by atomic mass is 10.1. The molecule has 178 valence electrons. The highest BCUT2D eigenvalue weighted by atomic mass is 16.5. The summed E-state index contributed by atoms with van der Waals surface area (Å²) in [7, 11) is 1.62. The van der Waals surface area contributed by atoms with Crippen molar-refractivity contribution in [1.82, 2.24) is 15.0 Å². The highest BCUT2D eigenvalue weighted by Gasteiger charge is 2.25. The Hall–Kier alpha value is -1.97. The third kappa shape index (κ3) is 6.76. The van der Waals surface area contributed by atoms with Gasteiger partial charge in [-0.3, -0.25) is 9.80 Å². The Morgan fingerprint density at radius 1 is 1.16 bits per heavy atom. The molecular formula is C24H38N4O4. The number of ether oxygens (including phenoxy) is 2. The highest BCUT2D eigenvalue weighted by molar-refractivity contribution is 5.68. The monoisotopic (exact) mass is 446 g/mol. The van der Waals surface area contributed by atoms with Crippen LogP contribution in [-0.2, 0) is 16.0 Å². The predicted octanol–water partition coefficient (Wildman–Crippen LogP) is 2.33. The summed E-state index contributed by atoms with van der Waals surface area (Å²) < 4.78 is 16.5. The number of aliphatic hydroxyl groups is 1. The van der Waals surface area contributed by atoms with Crippen LogP contribution in [0.15, 0.2) is 34.9 Å². The number of nitrogens with zero attached hydrogens (tertiary/aromatic N) is 4. The van der Waals surface area contributed by atoms with E-state index >= 15 is 0 Å². The molecule has 1 aromatic heterocycles. The Morgan fingerprint density at radius 3 is 2.53 bits per heavy atom. The quantitative estimate of drug-likeness (QED) is 0.503. The van der Waals surface area contributed by atoms with Gasteiger partial charge < -0.3 is 24.0 Å². The average molecular weight is 447 g/mol. The third-order valence-corrected chi connectivity index (χ3v) is 5.91. The van der Waals surface area contributed by atoms with Crippen LogP contribution in [-0.4, -0.2) is 98.9 Å². The summed E-state index contributed by atoms with van der Waals surface area (Å²) in [5, 5.41) is 15.0. The summed E-state index contributed by atoms with van der Waals surface area (Å²) in [6, 6.07) is 10.2. The number of aromatic nitrogens is 1. The molecule has 1 fully saturated rings. The van der Waals surface area contributed by atoms with Gasteiger partial charge in [0.1, 0.15) is 5.69 Å². The fourth-order valence-corrected chi connectivity index (χ4v) is 4.13. The van der Waals surface area contributed by atoms with E-state index in [0.29, 0.717) is 19.7 Å². The van der Waals surface area contributed by atoms with Crippen LogP contribution >= 0.6 is 0 Å². The molecule has 1 aromatic carbocycles. The van der Waals surface area contributed by atoms with Crippen LogP contribution in [0.4, 0.5) is 5.88 Å². The van der Waals surface area contributed by atoms with E-state index in [2.05, 4.69) is 45.8 Å². The largest absolute Gasteiger partial charge is 0.389 e. The van der Waals surface area contributed by atoms with Crippen molar-refractivity contribution in [2.45, 2.75) is 26.5 Å². The lowest BCUT2D eigenvalue weighted by Crippen LogP contribution is -2.43. The van der Waals surface area contributed by atoms with Gasteiger partial charge in [0.15, 0.2) is 0 Å². The standard InChI is InChI=1S/C24H38N4O4/c1-4-28(5-2)24-22(23(25-32-24)20-9-7-6-8-10-20)18-27(17-21(29)19-30-3)12-11-26-13-15-31-16-14-26/h6-10,21,29H,4-5,11-19H2,1-3H3/t21-/m1/s1. The van der Waals surface area contributed by atoms with Crippen molar-refractivity contribution >= 4 is 5.88 Å². The summed E-state index contributed by atoms with van der Waals surface area (Å²) >= 11 is 0. The van der Waals surface area contributed by atoms with Crippen molar-refractivity contribution in [2.75, 3.05) is 77.6 Å². The fraction of sp³-hybridized carbons (Fsp3) is 0.625. The molecule has 32 heavy (non-hydrogen) atoms. The second kappa shape index (κ2) is 12.9. The van der Waals surface area contributed by atoms with Crippen molar-refractivity contribution in [3.63, 3.8) is 0 Å². The zero-order chi connectivity index (χ0) is 22.8. The number of hydrogen-bond acceptors (Lipinski definition) is 8. The molecule has 0 amide bonds. The lowest BCUT2D eigenvalue weighted by Gasteiger charge is -2.31. The summed E-state index contributed by atoms with van der Waals surface area (Å²) in [5.41, 5.74) is 2.96. The summed E-state index contributed by atoms with van der Waals surface area (Å²) in [6.07, 6.45) is -0.554. The van der Waals surface area contributed by atoms with Crippen LogP contribution in [0.3, 0.4) is 0 Å². The molecule has 3 rings (SSSR count). The van der Waals surface area contributed by atoms with Crippen LogP contribution in [0, 0.1) is 0 Å². The number of methoxy groups -OCH3 is 1. The van der Waals surface area contributed by atoms with E-state index in [9.17, 15) is 5.11 Å². The van der Waals surface area contributed by atoms with Crippen LogP contribution < -0.4 is 4.90 Å². The molecule has 2 aromatic rings. The molecule has 0 saturated carbocycles. The van der Waals surface area contributed by atoms with Gasteiger partial charge in [0.25, 0.3) is 0 Å². The van der Waals surface area contributed by atoms with E-state index in [-0.39, 0.29) is 0 Å². The van der Waals surface area contributed by atoms with Gasteiger partial charge in [0.05, 0.1) is 31.5 Å². The van der Waals surface area contributed by atoms with Gasteiger partial charge in [-0.25, -0.2) is 0 Å². The van der Waals surface area contributed by atoms with Crippen molar-refractivity contribution in [2.24, 2.45) is 0 Å². The molecule has 2 heterocycles. The molecule has 8 nitrogen and oxygen atoms in total. The van der Waals surface area contributed by atoms with Crippen LogP contribution in [0.25, 0.3) is 11.3 Å². The first kappa shape index (κ1) is 24.7. The zero-order valence-corrected chi connectivity index (χ0v) is 19.7. The first-order valence-corrected chi connectivity index (χ1v) is 11.6. The molecule has 8 heteroatoms. The fourth-order valence-electron chi connectivity index (χ4n) is 4.13. The second-order valence-electron chi connectivity index (χ2n) is 8.15. The molecule has 1 N–H and O–H groups in total. The summed E-state index contributed by atoms with van der Waals surface area (Å²) in [6.45, 7) is 12.6. The van der Waals surface area contributed by atoms with Gasteiger partial charge in [-0.15, -0.1) is 0 Å². The number of benzene rings is 1. The van der Waals surface area contributed by atoms with Gasteiger partial charge >= 0.3 is 0 Å². The molecule has 0 unspecified atom stereocenters. The van der Waals surface area contributed by atoms with E-state index < -0.39 is 6.10 Å². The molecular weight excluding hydrogens is 408 g/mol. The Labute approximate surface area is 191 Å². The number of anilines is 1. The zero-order valence-electron chi connectivity index (χ0n) is 19.7. The van der Waals surface area contributed by atoms with Crippen LogP contribution in [0.5, 0.6) is 0 Å². The van der Waals surface area contributed by atoms with Gasteiger partial charge in [0, 0.05) is 65.0 Å². The van der Waals surface area contributed by atoms with Crippen LogP contribution in [0.1, 0.15) is 19.4 Å². The molecule has 1 atom stereocenters. The maximum absolute atomic E-state index is 10.5. The smallest absolute Gasteiger partial charge is 0.232 e. The third-order valence-electron chi connectivity index (χ3n) is 5.91. The highest BCUT2D eigenvalue weighted by Crippen LogP contribution is 2.32. The predicted molar refractivity (Wildman–Crippen MR) is 126 cm³/mol. The van der Waals surface area contributed by atoms with E-state index in [4.69, 9.17) is 14.0 Å². The average Bonchev–Trinajstić information content (AvgIpc) is 3.23. The topological polar surface area (TPSA) is 74.4 Å². The maximum atomic E-state index is 10.5. The minimum absolute atomic E-state index is 0.312. The normalized spacial score (nSPS) is 15.9. The summed E-state index contributed by atoms with van der Waals surface area (Å²) in [4.78, 5) is 6.89. The van der Waals surface area contributed by atoms with Crippen molar-refractivity contribution in [3.05, 3.63) is 35.9 Å². The maximum Gasteiger partial charge on any atom is 0.232 e. The van der Waals surface area contributed by atoms with E-state index in [1.807, 2.05) is 18.2 Å². The van der Waals surface area contributed by atoms with Crippen molar-refractivity contribution < 1.29 is 19.1 Å². The van der Waals surface area contributed by atoms with Gasteiger partial charge in [-0.2, -0.15) is 0 Å². The molecule has 1 saturated heterocycles. The van der Waals surface area contributed by atoms with E-state index in [0.717, 1.165) is 75.2 Å². The number of morpholine rings is 1. The molecule has 0 spiro atoms. The summed E-state index contributed by atoms with van der Waals surface area (Å²) in [5.74, 6) is 0.812. The lowest BCUT2D eigenvalue weighted by molar-refractivity contribution is 0.0182. The Morgan fingerprint density at radius 2 is 1.88 bits per heavy atom. The van der Waals surface area contributed by atoms with E-state index in [1.165, 1.54) is 0 Å². The molecule has 0 bridgehead atoms. The first-order chi connectivity index (χ1) is 15.7. The Bertz CT molecular complexity index is 776. The minimum Gasteiger partial charge on any atom is -0.389 e. The molecule has 1 aliphatic heterocycles. The van der Waals surface area contributed by atoms with E-state index in [1.54, 1.807) is 7.11 Å². The SMILES string of the molecule is CCN(CC)c1onc(-c2ccccc2)c1CN(CCN1CCOCC1)C[C@@H](O)COC. The Kier molecular flexibility index (Phi) is 9.95. The van der Waals surface area contributed by atoms with Gasteiger partial charge in [-0.05, 0) is 13.8 Å². The second-order valence-corrected chi connectivity index (χ2v) is 8.15. The number of rotatable bonds is 13. The number of aliphatic hydroxyl groups excluding tert-OH is 1. The molecule has 0 radical (unpaired) electrons. The van der Waals surface area contributed by atoms with Crippen molar-refractivity contribution in [1.29, 1.82) is 0 Å². The van der Waals surface area contributed by atoms with Gasteiger partial charge in [-0.1, -0.05) is 35.5 Å². The van der Waals surface area contributed by atoms with Crippen LogP contribution in [0.2, 0.25) is 0 Å². The Balaban J connectivity index is 1.85. The minimum atomic E-state index is -0.554. The number of hydrogen-bond donors (Lipinski definition) is 1. The van der Waals surface area contributed by atoms with Gasteiger partial charge in [0.2, 0.25) is 5.88 Å². The first-order valence-electron chi connectivity index (χ1n) is 11.6. The molecule has 1 aliphatic rings.